The van der Waals surface area contributed by atoms with E-state index in [9.17, 15) is 17.6 Å². The number of ether oxygens (including phenoxy) is 1. The van der Waals surface area contributed by atoms with Crippen LogP contribution in [0.1, 0.15) is 23.2 Å². The Balaban J connectivity index is 1.69. The quantitative estimate of drug-likeness (QED) is 0.822. The molecule has 0 N–H and O–H groups in total. The lowest BCUT2D eigenvalue weighted by atomic mass is 10.1. The summed E-state index contributed by atoms with van der Waals surface area (Å²) in [6.07, 6.45) is 0.656. The van der Waals surface area contributed by atoms with Crippen molar-refractivity contribution in [3.63, 3.8) is 0 Å². The molecule has 1 amide bonds. The van der Waals surface area contributed by atoms with Gasteiger partial charge in [0.25, 0.3) is 5.91 Å². The Labute approximate surface area is 152 Å². The van der Waals surface area contributed by atoms with Gasteiger partial charge in [-0.1, -0.05) is 12.1 Å². The van der Waals surface area contributed by atoms with Gasteiger partial charge in [-0.3, -0.25) is 4.79 Å². The summed E-state index contributed by atoms with van der Waals surface area (Å²) in [5.41, 5.74) is 0.0176. The van der Waals surface area contributed by atoms with Crippen molar-refractivity contribution in [3.8, 4) is 5.75 Å². The maximum absolute atomic E-state index is 13.8. The third-order valence-corrected chi connectivity index (χ3v) is 6.94. The molecule has 0 spiro atoms. The zero-order valence-corrected chi connectivity index (χ0v) is 15.2. The van der Waals surface area contributed by atoms with Crippen LogP contribution in [0, 0.1) is 5.82 Å². The van der Waals surface area contributed by atoms with Crippen LogP contribution in [0.25, 0.3) is 0 Å². The van der Waals surface area contributed by atoms with Crippen molar-refractivity contribution in [1.29, 1.82) is 0 Å². The zero-order valence-electron chi connectivity index (χ0n) is 14.4. The van der Waals surface area contributed by atoms with E-state index in [-0.39, 0.29) is 23.5 Å². The first-order valence-electron chi connectivity index (χ1n) is 8.35. The fourth-order valence-electron chi connectivity index (χ4n) is 3.13. The van der Waals surface area contributed by atoms with Crippen molar-refractivity contribution in [1.82, 2.24) is 4.90 Å². The molecular formula is C19H20FNO4S. The van der Waals surface area contributed by atoms with Gasteiger partial charge in [0.15, 0.2) is 9.84 Å². The summed E-state index contributed by atoms with van der Waals surface area (Å²) in [7, 11) is -1.96. The molecule has 0 aromatic heterocycles. The largest absolute Gasteiger partial charge is 0.497 e. The summed E-state index contributed by atoms with van der Waals surface area (Å²) < 4.78 is 44.4. The highest BCUT2D eigenvalue weighted by Crippen LogP contribution is 2.27. The fraction of sp³-hybridized carbons (Fsp3) is 0.316. The van der Waals surface area contributed by atoms with Gasteiger partial charge in [0, 0.05) is 13.1 Å². The molecule has 7 heteroatoms. The average molecular weight is 377 g/mol. The minimum Gasteiger partial charge on any atom is -0.497 e. The second-order valence-electron chi connectivity index (χ2n) is 6.19. The topological polar surface area (TPSA) is 63.7 Å². The standard InChI is InChI=1S/C19H20FNO4S/c1-25-14-6-8-15(9-7-14)26(23,24)16-10-12-21(13-11-16)19(22)17-4-2-3-5-18(17)20/h2-9,16H,10-13H2,1H3. The molecule has 5 nitrogen and oxygen atoms in total. The number of rotatable bonds is 4. The lowest BCUT2D eigenvalue weighted by molar-refractivity contribution is 0.0721. The normalized spacial score (nSPS) is 15.7. The Morgan fingerprint density at radius 3 is 2.27 bits per heavy atom. The second kappa shape index (κ2) is 7.45. The molecule has 0 aliphatic carbocycles. The number of benzene rings is 2. The van der Waals surface area contributed by atoms with Crippen molar-refractivity contribution < 1.29 is 22.3 Å². The summed E-state index contributed by atoms with van der Waals surface area (Å²) in [6.45, 7) is 0.570. The van der Waals surface area contributed by atoms with E-state index in [0.29, 0.717) is 18.6 Å². The minimum absolute atomic E-state index is 0.0176. The van der Waals surface area contributed by atoms with Crippen LogP contribution in [-0.4, -0.2) is 44.7 Å². The average Bonchev–Trinajstić information content (AvgIpc) is 2.68. The Hall–Kier alpha value is -2.41. The van der Waals surface area contributed by atoms with Gasteiger partial charge >= 0.3 is 0 Å². The maximum Gasteiger partial charge on any atom is 0.256 e. The summed E-state index contributed by atoms with van der Waals surface area (Å²) >= 11 is 0. The smallest absolute Gasteiger partial charge is 0.256 e. The SMILES string of the molecule is COc1ccc(S(=O)(=O)C2CCN(C(=O)c3ccccc3F)CC2)cc1. The monoisotopic (exact) mass is 377 g/mol. The summed E-state index contributed by atoms with van der Waals surface area (Å²) in [5, 5.41) is -0.555. The molecule has 0 saturated carbocycles. The Bertz CT molecular complexity index is 888. The number of piperidine rings is 1. The van der Waals surface area contributed by atoms with E-state index in [1.54, 1.807) is 18.2 Å². The van der Waals surface area contributed by atoms with E-state index in [1.165, 1.54) is 42.3 Å². The minimum atomic E-state index is -3.48. The number of hydrogen-bond acceptors (Lipinski definition) is 4. The Kier molecular flexibility index (Phi) is 5.27. The van der Waals surface area contributed by atoms with E-state index in [0.717, 1.165) is 0 Å². The third kappa shape index (κ3) is 3.58. The molecule has 26 heavy (non-hydrogen) atoms. The molecule has 2 aromatic carbocycles. The van der Waals surface area contributed by atoms with Crippen molar-refractivity contribution >= 4 is 15.7 Å². The second-order valence-corrected chi connectivity index (χ2v) is 8.42. The summed E-state index contributed by atoms with van der Waals surface area (Å²) in [6, 6.07) is 12.1. The van der Waals surface area contributed by atoms with Crippen LogP contribution in [0.15, 0.2) is 53.4 Å². The van der Waals surface area contributed by atoms with Gasteiger partial charge in [0.05, 0.1) is 22.8 Å². The van der Waals surface area contributed by atoms with E-state index in [1.807, 2.05) is 0 Å². The van der Waals surface area contributed by atoms with Gasteiger partial charge < -0.3 is 9.64 Å². The predicted octanol–water partition coefficient (Wildman–Crippen LogP) is 2.91. The highest BCUT2D eigenvalue weighted by Gasteiger charge is 2.33. The van der Waals surface area contributed by atoms with Crippen molar-refractivity contribution in [2.24, 2.45) is 0 Å². The molecule has 1 fully saturated rings. The van der Waals surface area contributed by atoms with Crippen molar-refractivity contribution in [3.05, 3.63) is 59.9 Å². The van der Waals surface area contributed by atoms with Gasteiger partial charge in [-0.05, 0) is 49.2 Å². The summed E-state index contributed by atoms with van der Waals surface area (Å²) in [4.78, 5) is 14.2. The van der Waals surface area contributed by atoms with E-state index < -0.39 is 26.8 Å². The number of hydrogen-bond donors (Lipinski definition) is 0. The van der Waals surface area contributed by atoms with Gasteiger partial charge in [-0.15, -0.1) is 0 Å². The number of halogens is 1. The van der Waals surface area contributed by atoms with Crippen LogP contribution in [0.2, 0.25) is 0 Å². The van der Waals surface area contributed by atoms with Gasteiger partial charge in [-0.2, -0.15) is 0 Å². The zero-order chi connectivity index (χ0) is 18.7. The highest BCUT2D eigenvalue weighted by molar-refractivity contribution is 7.92. The molecule has 0 atom stereocenters. The van der Waals surface area contributed by atoms with Crippen LogP contribution in [0.3, 0.4) is 0 Å². The molecule has 3 rings (SSSR count). The van der Waals surface area contributed by atoms with Crippen LogP contribution in [0.5, 0.6) is 5.75 Å². The molecule has 0 radical (unpaired) electrons. The van der Waals surface area contributed by atoms with Crippen LogP contribution >= 0.6 is 0 Å². The molecule has 1 aliphatic rings. The van der Waals surface area contributed by atoms with Gasteiger partial charge in [-0.25, -0.2) is 12.8 Å². The summed E-state index contributed by atoms with van der Waals surface area (Å²) in [5.74, 6) is -0.372. The maximum atomic E-state index is 13.8. The molecule has 0 unspecified atom stereocenters. The van der Waals surface area contributed by atoms with Crippen LogP contribution in [-0.2, 0) is 9.84 Å². The molecule has 1 heterocycles. The predicted molar refractivity (Wildman–Crippen MR) is 95.5 cm³/mol. The number of carbonyl (C=O) groups excluding carboxylic acids is 1. The lowest BCUT2D eigenvalue weighted by Gasteiger charge is -2.32. The number of likely N-dealkylation sites (tertiary alicyclic amines) is 1. The Morgan fingerprint density at radius 1 is 1.08 bits per heavy atom. The van der Waals surface area contributed by atoms with E-state index in [4.69, 9.17) is 4.74 Å². The first-order valence-corrected chi connectivity index (χ1v) is 9.90. The molecule has 0 bridgehead atoms. The number of nitrogens with zero attached hydrogens (tertiary/aromatic N) is 1. The molecule has 138 valence electrons. The molecular weight excluding hydrogens is 357 g/mol. The van der Waals surface area contributed by atoms with Crippen molar-refractivity contribution in [2.75, 3.05) is 20.2 Å². The molecule has 1 aliphatic heterocycles. The van der Waals surface area contributed by atoms with E-state index in [2.05, 4.69) is 0 Å². The first-order chi connectivity index (χ1) is 12.4. The fourth-order valence-corrected chi connectivity index (χ4v) is 4.86. The number of sulfone groups is 1. The van der Waals surface area contributed by atoms with Crippen LogP contribution in [0.4, 0.5) is 4.39 Å². The van der Waals surface area contributed by atoms with Crippen molar-refractivity contribution in [2.45, 2.75) is 23.0 Å². The van der Waals surface area contributed by atoms with Gasteiger partial charge in [0.2, 0.25) is 0 Å². The lowest BCUT2D eigenvalue weighted by Crippen LogP contribution is -2.42. The van der Waals surface area contributed by atoms with E-state index >= 15 is 0 Å². The highest BCUT2D eigenvalue weighted by atomic mass is 32.2. The van der Waals surface area contributed by atoms with Gasteiger partial charge in [0.1, 0.15) is 11.6 Å². The molecule has 2 aromatic rings. The molecule has 1 saturated heterocycles. The number of methoxy groups -OCH3 is 1. The Morgan fingerprint density at radius 2 is 1.69 bits per heavy atom. The van der Waals surface area contributed by atoms with Crippen LogP contribution < -0.4 is 4.74 Å². The number of amides is 1. The number of carbonyl (C=O) groups is 1. The first kappa shape index (κ1) is 18.4. The third-order valence-electron chi connectivity index (χ3n) is 4.66.